The van der Waals surface area contributed by atoms with Crippen LogP contribution in [0.5, 0.6) is 5.75 Å². The van der Waals surface area contributed by atoms with Crippen LogP contribution in [0, 0.1) is 0 Å². The first kappa shape index (κ1) is 18.6. The standard InChI is InChI=1S/C20H18N2O4S/c1-27-17-9-7-14(8-10-17)21-19(23)13-26-16-5-2-4-15(12-16)22-20(24)18-6-3-11-25-18/h2-12H,13H2,1H3,(H,21,23)(H,22,24). The fourth-order valence-electron chi connectivity index (χ4n) is 2.28. The number of hydrogen-bond acceptors (Lipinski definition) is 5. The maximum atomic E-state index is 12.0. The molecule has 0 aliphatic heterocycles. The van der Waals surface area contributed by atoms with Gasteiger partial charge < -0.3 is 19.8 Å². The van der Waals surface area contributed by atoms with Crippen LogP contribution in [-0.4, -0.2) is 24.7 Å². The minimum atomic E-state index is -0.358. The number of rotatable bonds is 7. The molecule has 27 heavy (non-hydrogen) atoms. The molecule has 0 saturated carbocycles. The molecule has 0 fully saturated rings. The molecule has 3 aromatic rings. The Morgan fingerprint density at radius 3 is 2.52 bits per heavy atom. The first-order valence-electron chi connectivity index (χ1n) is 8.15. The van der Waals surface area contributed by atoms with Crippen LogP contribution in [-0.2, 0) is 4.79 Å². The van der Waals surface area contributed by atoms with Crippen molar-refractivity contribution in [1.82, 2.24) is 0 Å². The van der Waals surface area contributed by atoms with E-state index in [2.05, 4.69) is 10.6 Å². The lowest BCUT2D eigenvalue weighted by molar-refractivity contribution is -0.118. The van der Waals surface area contributed by atoms with Gasteiger partial charge in [0.2, 0.25) is 0 Å². The molecule has 6 nitrogen and oxygen atoms in total. The van der Waals surface area contributed by atoms with E-state index in [0.717, 1.165) is 4.90 Å². The zero-order valence-corrected chi connectivity index (χ0v) is 15.4. The SMILES string of the molecule is CSc1ccc(NC(=O)COc2cccc(NC(=O)c3ccco3)c2)cc1. The van der Waals surface area contributed by atoms with Crippen molar-refractivity contribution in [3.05, 3.63) is 72.7 Å². The summed E-state index contributed by atoms with van der Waals surface area (Å²) in [5.74, 6) is 0.0637. The molecule has 0 bridgehead atoms. The van der Waals surface area contributed by atoms with Gasteiger partial charge >= 0.3 is 0 Å². The lowest BCUT2D eigenvalue weighted by Crippen LogP contribution is -2.20. The lowest BCUT2D eigenvalue weighted by Gasteiger charge is -2.09. The highest BCUT2D eigenvalue weighted by Crippen LogP contribution is 2.19. The smallest absolute Gasteiger partial charge is 0.291 e. The van der Waals surface area contributed by atoms with E-state index in [-0.39, 0.29) is 24.2 Å². The lowest BCUT2D eigenvalue weighted by atomic mass is 10.3. The second-order valence-electron chi connectivity index (χ2n) is 5.52. The summed E-state index contributed by atoms with van der Waals surface area (Å²) >= 11 is 1.64. The molecule has 1 heterocycles. The highest BCUT2D eigenvalue weighted by molar-refractivity contribution is 7.98. The van der Waals surface area contributed by atoms with Crippen molar-refractivity contribution < 1.29 is 18.7 Å². The summed E-state index contributed by atoms with van der Waals surface area (Å²) in [4.78, 5) is 25.1. The molecule has 0 saturated heterocycles. The zero-order valence-electron chi connectivity index (χ0n) is 14.6. The monoisotopic (exact) mass is 382 g/mol. The Kier molecular flexibility index (Phi) is 6.17. The molecule has 7 heteroatoms. The Labute approximate surface area is 160 Å². The van der Waals surface area contributed by atoms with Gasteiger partial charge in [-0.15, -0.1) is 11.8 Å². The van der Waals surface area contributed by atoms with E-state index >= 15 is 0 Å². The summed E-state index contributed by atoms with van der Waals surface area (Å²) in [6.45, 7) is -0.139. The molecular weight excluding hydrogens is 364 g/mol. The fraction of sp³-hybridized carbons (Fsp3) is 0.100. The van der Waals surface area contributed by atoms with Crippen LogP contribution >= 0.6 is 11.8 Å². The first-order chi connectivity index (χ1) is 13.1. The quantitative estimate of drug-likeness (QED) is 0.597. The first-order valence-corrected chi connectivity index (χ1v) is 9.38. The average Bonchev–Trinajstić information content (AvgIpc) is 3.22. The molecule has 3 rings (SSSR count). The van der Waals surface area contributed by atoms with E-state index in [9.17, 15) is 9.59 Å². The number of hydrogen-bond donors (Lipinski definition) is 2. The summed E-state index contributed by atoms with van der Waals surface area (Å²) < 4.78 is 10.6. The van der Waals surface area contributed by atoms with Crippen LogP contribution in [0.15, 0.2) is 76.2 Å². The Hall–Kier alpha value is -3.19. The van der Waals surface area contributed by atoms with Crippen LogP contribution in [0.25, 0.3) is 0 Å². The molecule has 0 radical (unpaired) electrons. The van der Waals surface area contributed by atoms with E-state index in [1.807, 2.05) is 30.5 Å². The van der Waals surface area contributed by atoms with Crippen LogP contribution in [0.1, 0.15) is 10.6 Å². The highest BCUT2D eigenvalue weighted by Gasteiger charge is 2.09. The summed E-state index contributed by atoms with van der Waals surface area (Å²) in [7, 11) is 0. The third-order valence-electron chi connectivity index (χ3n) is 3.58. The predicted molar refractivity (Wildman–Crippen MR) is 105 cm³/mol. The molecule has 138 valence electrons. The van der Waals surface area contributed by atoms with Crippen molar-refractivity contribution in [2.45, 2.75) is 4.90 Å². The van der Waals surface area contributed by atoms with E-state index in [4.69, 9.17) is 9.15 Å². The Morgan fingerprint density at radius 1 is 1.00 bits per heavy atom. The van der Waals surface area contributed by atoms with Crippen molar-refractivity contribution in [2.24, 2.45) is 0 Å². The second-order valence-corrected chi connectivity index (χ2v) is 6.40. The van der Waals surface area contributed by atoms with Gasteiger partial charge in [-0.05, 0) is 54.8 Å². The van der Waals surface area contributed by atoms with Gasteiger partial charge in [0.05, 0.1) is 6.26 Å². The largest absolute Gasteiger partial charge is 0.484 e. The third-order valence-corrected chi connectivity index (χ3v) is 4.32. The second kappa shape index (κ2) is 8.95. The summed E-state index contributed by atoms with van der Waals surface area (Å²) in [5, 5.41) is 5.48. The van der Waals surface area contributed by atoms with Crippen LogP contribution in [0.2, 0.25) is 0 Å². The molecule has 2 aromatic carbocycles. The van der Waals surface area contributed by atoms with Gasteiger partial charge in [-0.25, -0.2) is 0 Å². The van der Waals surface area contributed by atoms with Crippen molar-refractivity contribution in [3.63, 3.8) is 0 Å². The van der Waals surface area contributed by atoms with Crippen molar-refractivity contribution in [3.8, 4) is 5.75 Å². The number of ether oxygens (including phenoxy) is 1. The zero-order chi connectivity index (χ0) is 19.1. The highest BCUT2D eigenvalue weighted by atomic mass is 32.2. The minimum absolute atomic E-state index is 0.139. The molecular formula is C20H18N2O4S. The van der Waals surface area contributed by atoms with Gasteiger partial charge in [0.1, 0.15) is 5.75 Å². The molecule has 0 aliphatic carbocycles. The van der Waals surface area contributed by atoms with E-state index < -0.39 is 0 Å². The van der Waals surface area contributed by atoms with Gasteiger partial charge in [-0.1, -0.05) is 6.07 Å². The number of carbonyl (C=O) groups excluding carboxylic acids is 2. The van der Waals surface area contributed by atoms with Gasteiger partial charge in [0.25, 0.3) is 11.8 Å². The number of thioether (sulfide) groups is 1. The Morgan fingerprint density at radius 2 is 1.81 bits per heavy atom. The van der Waals surface area contributed by atoms with E-state index in [1.54, 1.807) is 48.2 Å². The van der Waals surface area contributed by atoms with Crippen molar-refractivity contribution in [2.75, 3.05) is 23.5 Å². The third kappa shape index (κ3) is 5.39. The van der Waals surface area contributed by atoms with Crippen molar-refractivity contribution in [1.29, 1.82) is 0 Å². The van der Waals surface area contributed by atoms with E-state index in [1.165, 1.54) is 6.26 Å². The molecule has 0 atom stereocenters. The Balaban J connectivity index is 1.53. The summed E-state index contributed by atoms with van der Waals surface area (Å²) in [6.07, 6.45) is 3.42. The molecule has 1 aromatic heterocycles. The minimum Gasteiger partial charge on any atom is -0.484 e. The molecule has 0 aliphatic rings. The maximum absolute atomic E-state index is 12.0. The van der Waals surface area contributed by atoms with Crippen LogP contribution < -0.4 is 15.4 Å². The van der Waals surface area contributed by atoms with Gasteiger partial charge in [0, 0.05) is 22.3 Å². The van der Waals surface area contributed by atoms with Gasteiger partial charge in [-0.3, -0.25) is 9.59 Å². The number of furan rings is 1. The topological polar surface area (TPSA) is 80.6 Å². The summed E-state index contributed by atoms with van der Waals surface area (Å²) in [6, 6.07) is 17.6. The maximum Gasteiger partial charge on any atom is 0.291 e. The normalized spacial score (nSPS) is 10.3. The van der Waals surface area contributed by atoms with Crippen LogP contribution in [0.4, 0.5) is 11.4 Å². The van der Waals surface area contributed by atoms with Gasteiger partial charge in [0.15, 0.2) is 12.4 Å². The molecule has 2 N–H and O–H groups in total. The number of anilines is 2. The number of nitrogens with one attached hydrogen (secondary N) is 2. The number of carbonyl (C=O) groups is 2. The number of benzene rings is 2. The molecule has 2 amide bonds. The Bertz CT molecular complexity index is 908. The predicted octanol–water partition coefficient (Wildman–Crippen LogP) is 4.27. The summed E-state index contributed by atoms with van der Waals surface area (Å²) in [5.41, 5.74) is 1.25. The fourth-order valence-corrected chi connectivity index (χ4v) is 2.69. The number of amides is 2. The van der Waals surface area contributed by atoms with Gasteiger partial charge in [-0.2, -0.15) is 0 Å². The van der Waals surface area contributed by atoms with E-state index in [0.29, 0.717) is 17.1 Å². The molecule has 0 spiro atoms. The van der Waals surface area contributed by atoms with Crippen LogP contribution in [0.3, 0.4) is 0 Å². The van der Waals surface area contributed by atoms with Crippen molar-refractivity contribution >= 4 is 35.0 Å². The molecule has 0 unspecified atom stereocenters. The average molecular weight is 382 g/mol.